The van der Waals surface area contributed by atoms with Crippen molar-refractivity contribution in [3.63, 3.8) is 0 Å². The summed E-state index contributed by atoms with van der Waals surface area (Å²) in [6.45, 7) is 8.65. The first-order valence-electron chi connectivity index (χ1n) is 3.92. The van der Waals surface area contributed by atoms with Gasteiger partial charge in [0.15, 0.2) is 0 Å². The van der Waals surface area contributed by atoms with E-state index in [1.54, 1.807) is 0 Å². The van der Waals surface area contributed by atoms with Crippen molar-refractivity contribution in [3.8, 4) is 0 Å². The molecule has 0 radical (unpaired) electrons. The zero-order valence-corrected chi connectivity index (χ0v) is 7.15. The molecule has 0 aromatic rings. The summed E-state index contributed by atoms with van der Waals surface area (Å²) in [4.78, 5) is 2.38. The van der Waals surface area contributed by atoms with Gasteiger partial charge < -0.3 is 4.81 Å². The molecule has 2 heteroatoms. The van der Waals surface area contributed by atoms with Crippen LogP contribution in [0.3, 0.4) is 0 Å². The molecule has 0 aliphatic carbocycles. The first-order chi connectivity index (χ1) is 4.22. The van der Waals surface area contributed by atoms with Gasteiger partial charge in [-0.25, -0.2) is 0 Å². The van der Waals surface area contributed by atoms with Gasteiger partial charge in [0.2, 0.25) is 6.85 Å². The van der Waals surface area contributed by atoms with Crippen LogP contribution in [-0.2, 0) is 0 Å². The second-order valence-electron chi connectivity index (χ2n) is 2.71. The Morgan fingerprint density at radius 3 is 2.22 bits per heavy atom. The number of hydrogen-bond acceptors (Lipinski definition) is 1. The van der Waals surface area contributed by atoms with Crippen LogP contribution in [0.5, 0.6) is 0 Å². The predicted octanol–water partition coefficient (Wildman–Crippen LogP) is 1.97. The quantitative estimate of drug-likeness (QED) is 0.522. The third-order valence-corrected chi connectivity index (χ3v) is 1.96. The number of hydrogen-bond donors (Lipinski definition) is 0. The molecule has 9 heavy (non-hydrogen) atoms. The molecule has 0 aromatic heterocycles. The Hall–Kier alpha value is 0.0249. The lowest BCUT2D eigenvalue weighted by Crippen LogP contribution is -2.32. The first-order valence-corrected chi connectivity index (χ1v) is 3.92. The molecule has 0 fully saturated rings. The van der Waals surface area contributed by atoms with Crippen molar-refractivity contribution in [2.75, 3.05) is 13.6 Å². The maximum Gasteiger partial charge on any atom is 0.219 e. The molecule has 0 aromatic carbocycles. The maximum absolute atomic E-state index is 2.38. The van der Waals surface area contributed by atoms with E-state index in [0.717, 1.165) is 6.85 Å². The van der Waals surface area contributed by atoms with Gasteiger partial charge in [-0.05, 0) is 13.6 Å². The van der Waals surface area contributed by atoms with Crippen LogP contribution in [0, 0.1) is 0 Å². The number of rotatable bonds is 4. The van der Waals surface area contributed by atoms with Crippen LogP contribution in [0.25, 0.3) is 0 Å². The molecule has 1 nitrogen and oxygen atoms in total. The van der Waals surface area contributed by atoms with E-state index in [0.29, 0.717) is 0 Å². The van der Waals surface area contributed by atoms with Gasteiger partial charge in [0.05, 0.1) is 0 Å². The molecule has 0 heterocycles. The zero-order valence-electron chi connectivity index (χ0n) is 7.15. The Labute approximate surface area is 59.5 Å². The van der Waals surface area contributed by atoms with Gasteiger partial charge in [0.1, 0.15) is 0 Å². The highest BCUT2D eigenvalue weighted by Gasteiger charge is 2.08. The minimum atomic E-state index is 0.764. The molecular weight excluding hydrogens is 109 g/mol. The van der Waals surface area contributed by atoms with Crippen molar-refractivity contribution in [2.45, 2.75) is 33.4 Å². The normalized spacial score (nSPS) is 10.3. The Balaban J connectivity index is 3.32. The molecule has 0 N–H and O–H groups in total. The van der Waals surface area contributed by atoms with Crippen LogP contribution < -0.4 is 0 Å². The summed E-state index contributed by atoms with van der Waals surface area (Å²) in [6.07, 6.45) is 2.62. The van der Waals surface area contributed by atoms with Crippen molar-refractivity contribution >= 4 is 6.85 Å². The molecule has 0 aliphatic rings. The fourth-order valence-corrected chi connectivity index (χ4v) is 0.950. The molecular formula is C7H18BN. The third-order valence-electron chi connectivity index (χ3n) is 1.96. The number of nitrogens with zero attached hydrogens (tertiary/aromatic N) is 1. The summed E-state index contributed by atoms with van der Waals surface area (Å²) in [7, 11) is 2.18. The van der Waals surface area contributed by atoms with E-state index in [1.807, 2.05) is 0 Å². The molecule has 0 saturated carbocycles. The Morgan fingerprint density at radius 2 is 1.89 bits per heavy atom. The highest BCUT2D eigenvalue weighted by atomic mass is 15.0. The van der Waals surface area contributed by atoms with Crippen LogP contribution in [-0.4, -0.2) is 25.3 Å². The highest BCUT2D eigenvalue weighted by molar-refractivity contribution is 6.54. The minimum Gasteiger partial charge on any atom is -0.345 e. The van der Waals surface area contributed by atoms with Gasteiger partial charge in [-0.2, -0.15) is 0 Å². The SMILES string of the molecule is CCCB(C)N(C)CC. The van der Waals surface area contributed by atoms with Crippen LogP contribution in [0.1, 0.15) is 20.3 Å². The second-order valence-corrected chi connectivity index (χ2v) is 2.71. The smallest absolute Gasteiger partial charge is 0.219 e. The Morgan fingerprint density at radius 1 is 1.33 bits per heavy atom. The molecule has 0 amide bonds. The molecule has 0 bridgehead atoms. The van der Waals surface area contributed by atoms with E-state index < -0.39 is 0 Å². The molecule has 54 valence electrons. The molecule has 0 saturated heterocycles. The maximum atomic E-state index is 2.38. The third kappa shape index (κ3) is 3.58. The van der Waals surface area contributed by atoms with Crippen molar-refractivity contribution in [1.29, 1.82) is 0 Å². The van der Waals surface area contributed by atoms with Crippen molar-refractivity contribution in [1.82, 2.24) is 4.81 Å². The monoisotopic (exact) mass is 127 g/mol. The van der Waals surface area contributed by atoms with Gasteiger partial charge in [0, 0.05) is 0 Å². The lowest BCUT2D eigenvalue weighted by molar-refractivity contribution is 0.549. The van der Waals surface area contributed by atoms with Crippen LogP contribution in [0.4, 0.5) is 0 Å². The van der Waals surface area contributed by atoms with Crippen LogP contribution in [0.2, 0.25) is 13.1 Å². The lowest BCUT2D eigenvalue weighted by Gasteiger charge is -2.18. The average molecular weight is 127 g/mol. The fourth-order valence-electron chi connectivity index (χ4n) is 0.950. The standard InChI is InChI=1S/C7H18BN/c1-5-7-8(3)9(4)6-2/h5-7H2,1-4H3. The molecule has 0 aliphatic heterocycles. The van der Waals surface area contributed by atoms with Crippen LogP contribution in [0.15, 0.2) is 0 Å². The average Bonchev–Trinajstić information content (AvgIpc) is 1.87. The van der Waals surface area contributed by atoms with Crippen LogP contribution >= 0.6 is 0 Å². The van der Waals surface area contributed by atoms with E-state index in [-0.39, 0.29) is 0 Å². The van der Waals surface area contributed by atoms with Gasteiger partial charge in [-0.15, -0.1) is 0 Å². The van der Waals surface area contributed by atoms with Crippen molar-refractivity contribution in [3.05, 3.63) is 0 Å². The summed E-state index contributed by atoms with van der Waals surface area (Å²) in [5, 5.41) is 0. The topological polar surface area (TPSA) is 3.24 Å². The second kappa shape index (κ2) is 4.86. The van der Waals surface area contributed by atoms with E-state index in [4.69, 9.17) is 0 Å². The zero-order chi connectivity index (χ0) is 7.28. The van der Waals surface area contributed by atoms with E-state index >= 15 is 0 Å². The van der Waals surface area contributed by atoms with Gasteiger partial charge in [-0.3, -0.25) is 0 Å². The van der Waals surface area contributed by atoms with Crippen molar-refractivity contribution < 1.29 is 0 Å². The van der Waals surface area contributed by atoms with Gasteiger partial charge >= 0.3 is 0 Å². The summed E-state index contributed by atoms with van der Waals surface area (Å²) in [5.41, 5.74) is 0. The van der Waals surface area contributed by atoms with E-state index in [2.05, 4.69) is 32.5 Å². The summed E-state index contributed by atoms with van der Waals surface area (Å²) >= 11 is 0. The largest absolute Gasteiger partial charge is 0.345 e. The molecule has 0 rings (SSSR count). The summed E-state index contributed by atoms with van der Waals surface area (Å²) in [6, 6.07) is 0. The Bertz CT molecular complexity index is 65.9. The molecule has 0 unspecified atom stereocenters. The predicted molar refractivity (Wildman–Crippen MR) is 45.0 cm³/mol. The van der Waals surface area contributed by atoms with E-state index in [9.17, 15) is 0 Å². The van der Waals surface area contributed by atoms with Gasteiger partial charge in [-0.1, -0.05) is 33.4 Å². The fraction of sp³-hybridized carbons (Fsp3) is 1.00. The Kier molecular flexibility index (Phi) is 4.88. The molecule has 0 spiro atoms. The molecule has 0 atom stereocenters. The summed E-state index contributed by atoms with van der Waals surface area (Å²) < 4.78 is 0. The minimum absolute atomic E-state index is 0.764. The van der Waals surface area contributed by atoms with Crippen molar-refractivity contribution in [2.24, 2.45) is 0 Å². The highest BCUT2D eigenvalue weighted by Crippen LogP contribution is 1.99. The first kappa shape index (κ1) is 9.02. The van der Waals surface area contributed by atoms with E-state index in [1.165, 1.54) is 19.3 Å². The van der Waals surface area contributed by atoms with Gasteiger partial charge in [0.25, 0.3) is 0 Å². The summed E-state index contributed by atoms with van der Waals surface area (Å²) in [5.74, 6) is 0. The lowest BCUT2D eigenvalue weighted by atomic mass is 9.59.